The summed E-state index contributed by atoms with van der Waals surface area (Å²) in [6.45, 7) is 12.6. The van der Waals surface area contributed by atoms with Crippen LogP contribution in [0, 0.1) is 19.8 Å². The number of ether oxygens (including phenoxy) is 1. The Bertz CT molecular complexity index is 1280. The van der Waals surface area contributed by atoms with Crippen LogP contribution in [0.1, 0.15) is 65.1 Å². The van der Waals surface area contributed by atoms with E-state index in [9.17, 15) is 4.79 Å². The van der Waals surface area contributed by atoms with E-state index in [-0.39, 0.29) is 11.9 Å². The van der Waals surface area contributed by atoms with E-state index in [1.807, 2.05) is 29.7 Å². The van der Waals surface area contributed by atoms with Crippen molar-refractivity contribution in [2.75, 3.05) is 7.11 Å². The molecule has 6 nitrogen and oxygen atoms in total. The molecule has 0 spiro atoms. The van der Waals surface area contributed by atoms with Gasteiger partial charge in [-0.3, -0.25) is 0 Å². The van der Waals surface area contributed by atoms with E-state index >= 15 is 0 Å². The van der Waals surface area contributed by atoms with Gasteiger partial charge in [-0.15, -0.1) is 6.07 Å². The SMILES string of the molecule is [CH2-]c1cc(C(C)c2cc(C(=O)OC)cn3cc(CC(C)C)nc23)ccc1-c1ocnc1C. The number of pyridine rings is 1. The van der Waals surface area contributed by atoms with Crippen molar-refractivity contribution in [3.05, 3.63) is 83.6 Å². The van der Waals surface area contributed by atoms with Crippen molar-refractivity contribution in [3.63, 3.8) is 0 Å². The fourth-order valence-corrected chi connectivity index (χ4v) is 4.08. The zero-order valence-corrected chi connectivity index (χ0v) is 19.2. The Hall–Kier alpha value is -3.54. The van der Waals surface area contributed by atoms with Crippen molar-refractivity contribution in [2.45, 2.75) is 40.0 Å². The normalized spacial score (nSPS) is 12.4. The van der Waals surface area contributed by atoms with Gasteiger partial charge in [-0.25, -0.2) is 14.8 Å². The second-order valence-corrected chi connectivity index (χ2v) is 8.64. The number of hydrogen-bond donors (Lipinski definition) is 0. The molecule has 0 radical (unpaired) electrons. The Morgan fingerprint density at radius 1 is 1.22 bits per heavy atom. The second-order valence-electron chi connectivity index (χ2n) is 8.64. The minimum absolute atomic E-state index is 0.0122. The van der Waals surface area contributed by atoms with E-state index in [0.717, 1.165) is 51.5 Å². The van der Waals surface area contributed by atoms with Gasteiger partial charge in [0.2, 0.25) is 0 Å². The predicted octanol–water partition coefficient (Wildman–Crippen LogP) is 5.62. The minimum atomic E-state index is -0.367. The highest BCUT2D eigenvalue weighted by molar-refractivity contribution is 5.90. The summed E-state index contributed by atoms with van der Waals surface area (Å²) in [5.41, 5.74) is 7.00. The fraction of sp³-hybridized carbons (Fsp3) is 0.308. The summed E-state index contributed by atoms with van der Waals surface area (Å²) < 4.78 is 12.5. The third-order valence-electron chi connectivity index (χ3n) is 5.75. The lowest BCUT2D eigenvalue weighted by atomic mass is 9.90. The Morgan fingerprint density at radius 3 is 2.62 bits per heavy atom. The van der Waals surface area contributed by atoms with E-state index in [1.54, 1.807) is 6.20 Å². The summed E-state index contributed by atoms with van der Waals surface area (Å²) >= 11 is 0. The molecule has 3 heterocycles. The smallest absolute Gasteiger partial charge is 0.339 e. The first-order chi connectivity index (χ1) is 15.3. The highest BCUT2D eigenvalue weighted by Gasteiger charge is 2.19. The topological polar surface area (TPSA) is 69.6 Å². The van der Waals surface area contributed by atoms with Gasteiger partial charge in [-0.1, -0.05) is 38.0 Å². The molecule has 0 saturated heterocycles. The Balaban J connectivity index is 1.80. The van der Waals surface area contributed by atoms with Crippen molar-refractivity contribution in [1.29, 1.82) is 0 Å². The third-order valence-corrected chi connectivity index (χ3v) is 5.75. The van der Waals surface area contributed by atoms with E-state index < -0.39 is 0 Å². The third kappa shape index (κ3) is 4.00. The van der Waals surface area contributed by atoms with Gasteiger partial charge in [0.05, 0.1) is 24.1 Å². The first-order valence-electron chi connectivity index (χ1n) is 10.7. The lowest BCUT2D eigenvalue weighted by Gasteiger charge is -2.20. The summed E-state index contributed by atoms with van der Waals surface area (Å²) in [7, 11) is 1.40. The predicted molar refractivity (Wildman–Crippen MR) is 124 cm³/mol. The molecule has 0 saturated carbocycles. The van der Waals surface area contributed by atoms with Gasteiger partial charge in [0.1, 0.15) is 11.4 Å². The quantitative estimate of drug-likeness (QED) is 0.293. The number of carbonyl (C=O) groups excluding carboxylic acids is 1. The van der Waals surface area contributed by atoms with Crippen molar-refractivity contribution in [2.24, 2.45) is 5.92 Å². The molecule has 1 aromatic carbocycles. The van der Waals surface area contributed by atoms with Crippen molar-refractivity contribution in [1.82, 2.24) is 14.4 Å². The van der Waals surface area contributed by atoms with E-state index in [4.69, 9.17) is 14.1 Å². The lowest BCUT2D eigenvalue weighted by Crippen LogP contribution is -2.07. The largest absolute Gasteiger partial charge is 0.465 e. The number of nitrogens with zero attached hydrogens (tertiary/aromatic N) is 3. The fourth-order valence-electron chi connectivity index (χ4n) is 4.08. The number of esters is 1. The Kier molecular flexibility index (Phi) is 5.78. The average molecular weight is 431 g/mol. The van der Waals surface area contributed by atoms with Crippen LogP contribution in [0.2, 0.25) is 0 Å². The minimum Gasteiger partial charge on any atom is -0.465 e. The van der Waals surface area contributed by atoms with Crippen molar-refractivity contribution >= 4 is 11.6 Å². The van der Waals surface area contributed by atoms with E-state index in [0.29, 0.717) is 11.5 Å². The Morgan fingerprint density at radius 2 is 2.00 bits per heavy atom. The number of aryl methyl sites for hydroxylation is 1. The second kappa shape index (κ2) is 8.54. The Labute approximate surface area is 188 Å². The molecule has 0 aliphatic heterocycles. The first-order valence-corrected chi connectivity index (χ1v) is 10.7. The van der Waals surface area contributed by atoms with Gasteiger partial charge in [0.15, 0.2) is 6.39 Å². The molecule has 0 amide bonds. The molecule has 0 fully saturated rings. The standard InChI is InChI=1S/C26H28N3O3/c1-15(2)9-21-13-29-12-20(26(30)31-6)11-23(25(29)28-21)17(4)19-7-8-22(16(3)10-19)24-18(5)27-14-32-24/h7-8,10-15,17H,3,9H2,1-2,4-6H3/q-1. The molecule has 0 bridgehead atoms. The van der Waals surface area contributed by atoms with Crippen LogP contribution in [0.4, 0.5) is 0 Å². The van der Waals surface area contributed by atoms with Crippen LogP contribution in [0.25, 0.3) is 17.0 Å². The molecular formula is C26H28N3O3-. The molecule has 0 aliphatic carbocycles. The number of oxazole rings is 1. The van der Waals surface area contributed by atoms with E-state index in [2.05, 4.69) is 44.8 Å². The van der Waals surface area contributed by atoms with Crippen LogP contribution < -0.4 is 0 Å². The maximum absolute atomic E-state index is 12.3. The van der Waals surface area contributed by atoms with Crippen LogP contribution in [0.15, 0.2) is 47.5 Å². The molecule has 1 unspecified atom stereocenters. The van der Waals surface area contributed by atoms with Crippen LogP contribution in [0.5, 0.6) is 0 Å². The highest BCUT2D eigenvalue weighted by Crippen LogP contribution is 2.33. The number of aromatic nitrogens is 3. The lowest BCUT2D eigenvalue weighted by molar-refractivity contribution is 0.0600. The van der Waals surface area contributed by atoms with Gasteiger partial charge in [0, 0.05) is 18.0 Å². The first kappa shape index (κ1) is 21.7. The van der Waals surface area contributed by atoms with Crippen LogP contribution in [-0.4, -0.2) is 27.4 Å². The number of rotatable bonds is 6. The molecule has 4 aromatic rings. The summed E-state index contributed by atoms with van der Waals surface area (Å²) in [5, 5.41) is 0. The number of benzene rings is 1. The number of methoxy groups -OCH3 is 1. The zero-order chi connectivity index (χ0) is 23.0. The molecular weight excluding hydrogens is 402 g/mol. The summed E-state index contributed by atoms with van der Waals surface area (Å²) in [5.74, 6) is 0.841. The molecule has 1 atom stereocenters. The van der Waals surface area contributed by atoms with Gasteiger partial charge in [-0.2, -0.15) is 18.6 Å². The maximum atomic E-state index is 12.3. The molecule has 0 N–H and O–H groups in total. The van der Waals surface area contributed by atoms with Crippen molar-refractivity contribution < 1.29 is 13.9 Å². The van der Waals surface area contributed by atoms with Crippen LogP contribution in [0.3, 0.4) is 0 Å². The van der Waals surface area contributed by atoms with Gasteiger partial charge >= 0.3 is 5.97 Å². The number of carbonyl (C=O) groups is 1. The van der Waals surface area contributed by atoms with Gasteiger partial charge in [0.25, 0.3) is 0 Å². The zero-order valence-electron chi connectivity index (χ0n) is 19.2. The summed E-state index contributed by atoms with van der Waals surface area (Å²) in [4.78, 5) is 21.4. The van der Waals surface area contributed by atoms with Crippen molar-refractivity contribution in [3.8, 4) is 11.3 Å². The number of fused-ring (bicyclic) bond motifs is 1. The number of imidazole rings is 1. The van der Waals surface area contributed by atoms with Crippen LogP contribution in [-0.2, 0) is 11.2 Å². The summed E-state index contributed by atoms with van der Waals surface area (Å²) in [6, 6.07) is 8.02. The number of hydrogen-bond acceptors (Lipinski definition) is 5. The van der Waals surface area contributed by atoms with Crippen LogP contribution >= 0.6 is 0 Å². The molecule has 3 aromatic heterocycles. The molecule has 32 heavy (non-hydrogen) atoms. The van der Waals surface area contributed by atoms with E-state index in [1.165, 1.54) is 13.5 Å². The monoisotopic (exact) mass is 430 g/mol. The highest BCUT2D eigenvalue weighted by atomic mass is 16.5. The molecule has 6 heteroatoms. The van der Waals surface area contributed by atoms with Gasteiger partial charge < -0.3 is 13.6 Å². The summed E-state index contributed by atoms with van der Waals surface area (Å²) in [6.07, 6.45) is 6.11. The molecule has 166 valence electrons. The average Bonchev–Trinajstić information content (AvgIpc) is 3.36. The van der Waals surface area contributed by atoms with Gasteiger partial charge in [-0.05, 0) is 31.2 Å². The molecule has 0 aliphatic rings. The maximum Gasteiger partial charge on any atom is 0.339 e. The molecule has 4 rings (SSSR count).